The lowest BCUT2D eigenvalue weighted by Gasteiger charge is -2.15. The molecule has 0 bridgehead atoms. The fourth-order valence-electron chi connectivity index (χ4n) is 2.97. The van der Waals surface area contributed by atoms with Crippen LogP contribution in [-0.2, 0) is 24.3 Å². The van der Waals surface area contributed by atoms with Gasteiger partial charge in [0.2, 0.25) is 0 Å². The maximum atomic E-state index is 12.5. The molecular weight excluding hydrogens is 356 g/mol. The molecule has 0 fully saturated rings. The van der Waals surface area contributed by atoms with Gasteiger partial charge in [-0.2, -0.15) is 5.10 Å². The van der Waals surface area contributed by atoms with E-state index in [1.54, 1.807) is 6.20 Å². The summed E-state index contributed by atoms with van der Waals surface area (Å²) in [5.41, 5.74) is 1.70. The molecule has 0 saturated heterocycles. The van der Waals surface area contributed by atoms with Crippen molar-refractivity contribution in [3.05, 3.63) is 45.3 Å². The molecular formula is C17H20N4O6. The fourth-order valence-corrected chi connectivity index (χ4v) is 2.97. The Balaban J connectivity index is 1.72. The summed E-state index contributed by atoms with van der Waals surface area (Å²) in [4.78, 5) is 23.2. The summed E-state index contributed by atoms with van der Waals surface area (Å²) in [7, 11) is 2.77. The number of nitro groups is 1. The predicted molar refractivity (Wildman–Crippen MR) is 94.1 cm³/mol. The summed E-state index contributed by atoms with van der Waals surface area (Å²) in [6.07, 6.45) is 2.53. The van der Waals surface area contributed by atoms with Gasteiger partial charge in [0.15, 0.2) is 11.5 Å². The fraction of sp³-hybridized carbons (Fsp3) is 0.412. The Morgan fingerprint density at radius 3 is 2.81 bits per heavy atom. The first kappa shape index (κ1) is 18.6. The van der Waals surface area contributed by atoms with Crippen LogP contribution in [0.1, 0.15) is 21.6 Å². The zero-order valence-corrected chi connectivity index (χ0v) is 15.1. The number of carbonyl (C=O) groups excluding carboxylic acids is 1. The second-order valence-corrected chi connectivity index (χ2v) is 5.88. The van der Waals surface area contributed by atoms with Gasteiger partial charge in [-0.3, -0.25) is 19.6 Å². The number of carbonyl (C=O) groups is 1. The molecule has 2 heterocycles. The third-order valence-electron chi connectivity index (χ3n) is 4.33. The van der Waals surface area contributed by atoms with Gasteiger partial charge in [0.1, 0.15) is 5.56 Å². The van der Waals surface area contributed by atoms with E-state index < -0.39 is 10.8 Å². The maximum absolute atomic E-state index is 12.5. The molecule has 144 valence electrons. The van der Waals surface area contributed by atoms with Gasteiger partial charge in [-0.05, 0) is 0 Å². The molecule has 1 amide bonds. The number of hydrogen-bond acceptors (Lipinski definition) is 7. The number of ether oxygens (including phenoxy) is 3. The predicted octanol–water partition coefficient (Wildman–Crippen LogP) is 1.31. The molecule has 10 heteroatoms. The molecule has 0 unspecified atom stereocenters. The van der Waals surface area contributed by atoms with Crippen LogP contribution in [0.2, 0.25) is 0 Å². The number of rotatable bonds is 7. The number of nitrogens with one attached hydrogen (secondary N) is 1. The highest BCUT2D eigenvalue weighted by molar-refractivity contribution is 5.99. The summed E-state index contributed by atoms with van der Waals surface area (Å²) < 4.78 is 17.4. The van der Waals surface area contributed by atoms with E-state index in [1.807, 2.05) is 4.68 Å². The van der Waals surface area contributed by atoms with Crippen molar-refractivity contribution in [3.8, 4) is 11.5 Å². The van der Waals surface area contributed by atoms with Gasteiger partial charge in [-0.1, -0.05) is 0 Å². The summed E-state index contributed by atoms with van der Waals surface area (Å²) in [5.74, 6) is -0.132. The Morgan fingerprint density at radius 1 is 1.37 bits per heavy atom. The van der Waals surface area contributed by atoms with Crippen molar-refractivity contribution in [2.75, 3.05) is 27.4 Å². The zero-order valence-electron chi connectivity index (χ0n) is 15.1. The number of methoxy groups -OCH3 is 2. The minimum Gasteiger partial charge on any atom is -0.493 e. The van der Waals surface area contributed by atoms with Gasteiger partial charge < -0.3 is 19.5 Å². The minimum absolute atomic E-state index is 0.0893. The monoisotopic (exact) mass is 376 g/mol. The molecule has 3 rings (SSSR count). The molecule has 0 radical (unpaired) electrons. The van der Waals surface area contributed by atoms with E-state index in [-0.39, 0.29) is 29.3 Å². The van der Waals surface area contributed by atoms with Crippen LogP contribution in [0.25, 0.3) is 0 Å². The van der Waals surface area contributed by atoms with Crippen LogP contribution in [0.5, 0.6) is 11.5 Å². The van der Waals surface area contributed by atoms with Gasteiger partial charge in [-0.15, -0.1) is 0 Å². The van der Waals surface area contributed by atoms with Gasteiger partial charge in [-0.25, -0.2) is 0 Å². The van der Waals surface area contributed by atoms with Crippen molar-refractivity contribution in [2.45, 2.75) is 19.6 Å². The van der Waals surface area contributed by atoms with Crippen molar-refractivity contribution < 1.29 is 23.9 Å². The summed E-state index contributed by atoms with van der Waals surface area (Å²) in [6, 6.07) is 2.48. The van der Waals surface area contributed by atoms with Crippen molar-refractivity contribution in [2.24, 2.45) is 0 Å². The molecule has 0 spiro atoms. The van der Waals surface area contributed by atoms with Crippen LogP contribution >= 0.6 is 0 Å². The van der Waals surface area contributed by atoms with E-state index in [1.165, 1.54) is 26.4 Å². The minimum atomic E-state index is -0.624. The first-order valence-electron chi connectivity index (χ1n) is 8.35. The molecule has 1 aromatic heterocycles. The van der Waals surface area contributed by atoms with Crippen LogP contribution in [0.4, 0.5) is 5.69 Å². The van der Waals surface area contributed by atoms with Crippen LogP contribution in [0.3, 0.4) is 0 Å². The third-order valence-corrected chi connectivity index (χ3v) is 4.33. The molecule has 0 atom stereocenters. The summed E-state index contributed by atoms with van der Waals surface area (Å²) in [5, 5.41) is 18.3. The third kappa shape index (κ3) is 3.85. The second-order valence-electron chi connectivity index (χ2n) is 5.88. The Hall–Kier alpha value is -3.14. The largest absolute Gasteiger partial charge is 0.493 e. The van der Waals surface area contributed by atoms with Crippen molar-refractivity contribution in [1.82, 2.24) is 15.1 Å². The van der Waals surface area contributed by atoms with E-state index in [0.717, 1.165) is 17.7 Å². The van der Waals surface area contributed by atoms with E-state index >= 15 is 0 Å². The quantitative estimate of drug-likeness (QED) is 0.572. The highest BCUT2D eigenvalue weighted by atomic mass is 16.6. The molecule has 1 aliphatic heterocycles. The highest BCUT2D eigenvalue weighted by Crippen LogP contribution is 2.34. The number of fused-ring (bicyclic) bond motifs is 1. The summed E-state index contributed by atoms with van der Waals surface area (Å²) in [6.45, 7) is 1.92. The lowest BCUT2D eigenvalue weighted by Crippen LogP contribution is -2.29. The average molecular weight is 376 g/mol. The lowest BCUT2D eigenvalue weighted by atomic mass is 10.1. The van der Waals surface area contributed by atoms with Gasteiger partial charge in [0.25, 0.3) is 11.6 Å². The van der Waals surface area contributed by atoms with Crippen LogP contribution in [0.15, 0.2) is 18.3 Å². The van der Waals surface area contributed by atoms with Crippen molar-refractivity contribution >= 4 is 11.6 Å². The Morgan fingerprint density at radius 2 is 2.11 bits per heavy atom. The number of nitrogens with zero attached hydrogens (tertiary/aromatic N) is 3. The normalized spacial score (nSPS) is 13.0. The Bertz CT molecular complexity index is 863. The Labute approximate surface area is 155 Å². The standard InChI is InChI=1S/C17H20N4O6/c1-25-15-7-12(14(21(23)24)8-16(15)26-2)17(22)18-4-5-20-13-3-6-27-10-11(13)9-19-20/h7-9H,3-6,10H2,1-2H3,(H,18,22). The van der Waals surface area contributed by atoms with Gasteiger partial charge in [0.05, 0.1) is 51.2 Å². The van der Waals surface area contributed by atoms with E-state index in [0.29, 0.717) is 19.8 Å². The molecule has 0 saturated carbocycles. The smallest absolute Gasteiger partial charge is 0.286 e. The van der Waals surface area contributed by atoms with Gasteiger partial charge in [0, 0.05) is 30.3 Å². The van der Waals surface area contributed by atoms with E-state index in [2.05, 4.69) is 10.4 Å². The molecule has 1 aromatic carbocycles. The van der Waals surface area contributed by atoms with E-state index in [9.17, 15) is 14.9 Å². The van der Waals surface area contributed by atoms with Crippen LogP contribution in [0, 0.1) is 10.1 Å². The van der Waals surface area contributed by atoms with Crippen LogP contribution < -0.4 is 14.8 Å². The first-order valence-corrected chi connectivity index (χ1v) is 8.35. The maximum Gasteiger partial charge on any atom is 0.286 e. The second kappa shape index (κ2) is 8.04. The average Bonchev–Trinajstić information content (AvgIpc) is 3.09. The molecule has 1 aliphatic rings. The molecule has 2 aromatic rings. The van der Waals surface area contributed by atoms with Crippen molar-refractivity contribution in [1.29, 1.82) is 0 Å². The Kier molecular flexibility index (Phi) is 5.55. The number of nitro benzene ring substituents is 1. The molecule has 27 heavy (non-hydrogen) atoms. The zero-order chi connectivity index (χ0) is 19.4. The lowest BCUT2D eigenvalue weighted by molar-refractivity contribution is -0.385. The molecule has 0 aliphatic carbocycles. The number of amides is 1. The van der Waals surface area contributed by atoms with Gasteiger partial charge >= 0.3 is 0 Å². The van der Waals surface area contributed by atoms with E-state index in [4.69, 9.17) is 14.2 Å². The highest BCUT2D eigenvalue weighted by Gasteiger charge is 2.24. The number of aromatic nitrogens is 2. The van der Waals surface area contributed by atoms with Crippen molar-refractivity contribution in [3.63, 3.8) is 0 Å². The SMILES string of the molecule is COc1cc(C(=O)NCCn2ncc3c2CCOC3)c([N+](=O)[O-])cc1OC. The molecule has 10 nitrogen and oxygen atoms in total. The number of benzene rings is 1. The van der Waals surface area contributed by atoms with Crippen LogP contribution in [-0.4, -0.2) is 48.0 Å². The molecule has 1 N–H and O–H groups in total. The number of hydrogen-bond donors (Lipinski definition) is 1. The first-order chi connectivity index (χ1) is 13.0. The topological polar surface area (TPSA) is 118 Å². The summed E-state index contributed by atoms with van der Waals surface area (Å²) >= 11 is 0.